The molecule has 0 aromatic heterocycles. The van der Waals surface area contributed by atoms with Gasteiger partial charge in [-0.15, -0.1) is 0 Å². The first-order chi connectivity index (χ1) is 12.4. The molecule has 0 bridgehead atoms. The number of carbonyl (C=O) groups is 2. The number of carbonyl (C=O) groups excluding carboxylic acids is 2. The summed E-state index contributed by atoms with van der Waals surface area (Å²) in [6.45, 7) is 3.33. The van der Waals surface area contributed by atoms with Crippen LogP contribution in [0.4, 0.5) is 4.39 Å². The predicted molar refractivity (Wildman–Crippen MR) is 92.6 cm³/mol. The average Bonchev–Trinajstić information content (AvgIpc) is 2.92. The van der Waals surface area contributed by atoms with E-state index in [1.807, 2.05) is 0 Å². The molecule has 0 amide bonds. The van der Waals surface area contributed by atoms with E-state index in [9.17, 15) is 14.0 Å². The fourth-order valence-corrected chi connectivity index (χ4v) is 2.67. The van der Waals surface area contributed by atoms with Gasteiger partial charge in [-0.25, -0.2) is 9.18 Å². The molecule has 0 saturated carbocycles. The smallest absolute Gasteiger partial charge is 0.346 e. The second-order valence-electron chi connectivity index (χ2n) is 5.89. The molecule has 3 rings (SSSR count). The van der Waals surface area contributed by atoms with Gasteiger partial charge in [0, 0.05) is 6.07 Å². The van der Waals surface area contributed by atoms with Crippen molar-refractivity contribution < 1.29 is 28.2 Å². The first kappa shape index (κ1) is 17.7. The Morgan fingerprint density at radius 1 is 1.23 bits per heavy atom. The number of aryl methyl sites for hydroxylation is 1. The molecule has 6 heteroatoms. The molecular weight excluding hydrogens is 339 g/mol. The highest BCUT2D eigenvalue weighted by Crippen LogP contribution is 2.37. The Bertz CT molecular complexity index is 899. The van der Waals surface area contributed by atoms with Crippen molar-refractivity contribution in [3.63, 3.8) is 0 Å². The Morgan fingerprint density at radius 2 is 1.92 bits per heavy atom. The van der Waals surface area contributed by atoms with Gasteiger partial charge in [-0.05, 0) is 49.2 Å². The van der Waals surface area contributed by atoms with Crippen molar-refractivity contribution in [2.45, 2.75) is 20.0 Å². The number of Topliss-reactive ketones (excluding diaryl/α,β-unsaturated/α-hetero) is 1. The summed E-state index contributed by atoms with van der Waals surface area (Å²) in [6.07, 6.45) is 0.766. The lowest BCUT2D eigenvalue weighted by Gasteiger charge is -2.13. The normalized spacial score (nSPS) is 15.4. The highest BCUT2D eigenvalue weighted by molar-refractivity contribution is 6.15. The van der Waals surface area contributed by atoms with Crippen LogP contribution in [-0.4, -0.2) is 25.0 Å². The summed E-state index contributed by atoms with van der Waals surface area (Å²) < 4.78 is 28.9. The van der Waals surface area contributed by atoms with E-state index in [4.69, 9.17) is 9.47 Å². The van der Waals surface area contributed by atoms with Crippen LogP contribution in [0.2, 0.25) is 0 Å². The first-order valence-electron chi connectivity index (χ1n) is 7.98. The fourth-order valence-electron chi connectivity index (χ4n) is 2.67. The van der Waals surface area contributed by atoms with Gasteiger partial charge in [0.15, 0.2) is 11.9 Å². The Kier molecular flexibility index (Phi) is 4.75. The number of allylic oxidation sites excluding steroid dienone is 1. The largest absolute Gasteiger partial charge is 0.479 e. The Labute approximate surface area is 150 Å². The van der Waals surface area contributed by atoms with Crippen molar-refractivity contribution in [3.8, 4) is 11.5 Å². The highest BCUT2D eigenvalue weighted by Gasteiger charge is 2.30. The van der Waals surface area contributed by atoms with Crippen molar-refractivity contribution in [2.24, 2.45) is 0 Å². The number of rotatable bonds is 4. The summed E-state index contributed by atoms with van der Waals surface area (Å²) in [5.74, 6) is -0.212. The monoisotopic (exact) mass is 356 g/mol. The molecule has 0 spiro atoms. The summed E-state index contributed by atoms with van der Waals surface area (Å²) in [5.41, 5.74) is 1.76. The Balaban J connectivity index is 1.88. The zero-order chi connectivity index (χ0) is 18.8. The molecule has 1 heterocycles. The number of ether oxygens (including phenoxy) is 3. The van der Waals surface area contributed by atoms with Crippen LogP contribution in [0.5, 0.6) is 11.5 Å². The van der Waals surface area contributed by atoms with E-state index in [0.717, 1.165) is 0 Å². The van der Waals surface area contributed by atoms with Gasteiger partial charge in [-0.1, -0.05) is 12.1 Å². The molecule has 1 atom stereocenters. The van der Waals surface area contributed by atoms with Gasteiger partial charge in [0.1, 0.15) is 17.3 Å². The van der Waals surface area contributed by atoms with Gasteiger partial charge < -0.3 is 14.2 Å². The van der Waals surface area contributed by atoms with Crippen LogP contribution >= 0.6 is 0 Å². The first-order valence-corrected chi connectivity index (χ1v) is 7.98. The number of hydrogen-bond donors (Lipinski definition) is 0. The van der Waals surface area contributed by atoms with E-state index in [2.05, 4.69) is 4.74 Å². The molecule has 2 aromatic carbocycles. The van der Waals surface area contributed by atoms with Crippen LogP contribution in [0, 0.1) is 12.7 Å². The Morgan fingerprint density at radius 3 is 2.58 bits per heavy atom. The maximum Gasteiger partial charge on any atom is 0.346 e. The quantitative estimate of drug-likeness (QED) is 0.618. The maximum absolute atomic E-state index is 13.0. The molecule has 0 radical (unpaired) electrons. The number of benzene rings is 2. The lowest BCUT2D eigenvalue weighted by Crippen LogP contribution is -2.24. The molecule has 134 valence electrons. The third kappa shape index (κ3) is 3.44. The number of fused-ring (bicyclic) bond motifs is 1. The van der Waals surface area contributed by atoms with Gasteiger partial charge in [-0.2, -0.15) is 0 Å². The minimum absolute atomic E-state index is 0.146. The summed E-state index contributed by atoms with van der Waals surface area (Å²) >= 11 is 0. The highest BCUT2D eigenvalue weighted by atomic mass is 19.1. The third-order valence-corrected chi connectivity index (χ3v) is 3.96. The summed E-state index contributed by atoms with van der Waals surface area (Å²) in [4.78, 5) is 24.1. The van der Waals surface area contributed by atoms with Crippen LogP contribution in [0.3, 0.4) is 0 Å². The number of ketones is 1. The molecular formula is C20H17FO5. The van der Waals surface area contributed by atoms with Gasteiger partial charge in [-0.3, -0.25) is 4.79 Å². The SMILES string of the molecule is COC(=O)C(C)Oc1cc(C)c2c(c1)O/C(=C\c1ccc(F)cc1)C2=O. The van der Waals surface area contributed by atoms with Crippen molar-refractivity contribution in [1.29, 1.82) is 0 Å². The van der Waals surface area contributed by atoms with Crippen LogP contribution in [0.1, 0.15) is 28.4 Å². The van der Waals surface area contributed by atoms with E-state index >= 15 is 0 Å². The number of hydrogen-bond acceptors (Lipinski definition) is 5. The molecule has 2 aromatic rings. The van der Waals surface area contributed by atoms with E-state index in [0.29, 0.717) is 28.2 Å². The molecule has 1 unspecified atom stereocenters. The van der Waals surface area contributed by atoms with E-state index in [1.54, 1.807) is 44.2 Å². The van der Waals surface area contributed by atoms with Crippen molar-refractivity contribution >= 4 is 17.8 Å². The molecule has 1 aliphatic heterocycles. The third-order valence-electron chi connectivity index (χ3n) is 3.96. The van der Waals surface area contributed by atoms with Crippen molar-refractivity contribution in [3.05, 3.63) is 64.7 Å². The minimum atomic E-state index is -0.788. The van der Waals surface area contributed by atoms with Gasteiger partial charge >= 0.3 is 5.97 Å². The van der Waals surface area contributed by atoms with E-state index in [-0.39, 0.29) is 17.4 Å². The Hall–Kier alpha value is -3.15. The molecule has 26 heavy (non-hydrogen) atoms. The van der Waals surface area contributed by atoms with Crippen molar-refractivity contribution in [1.82, 2.24) is 0 Å². The zero-order valence-corrected chi connectivity index (χ0v) is 14.5. The standard InChI is InChI=1S/C20H17FO5/c1-11-8-15(25-12(2)20(23)24-3)10-16-18(11)19(22)17(26-16)9-13-4-6-14(21)7-5-13/h4-10,12H,1-3H3/b17-9-. The lowest BCUT2D eigenvalue weighted by molar-refractivity contribution is -0.147. The summed E-state index contributed by atoms with van der Waals surface area (Å²) in [5, 5.41) is 0. The van der Waals surface area contributed by atoms with Crippen LogP contribution in [-0.2, 0) is 9.53 Å². The minimum Gasteiger partial charge on any atom is -0.479 e. The second-order valence-corrected chi connectivity index (χ2v) is 5.89. The average molecular weight is 356 g/mol. The molecule has 0 aliphatic carbocycles. The van der Waals surface area contributed by atoms with Gasteiger partial charge in [0.05, 0.1) is 12.7 Å². The van der Waals surface area contributed by atoms with Crippen molar-refractivity contribution in [2.75, 3.05) is 7.11 Å². The van der Waals surface area contributed by atoms with Crippen LogP contribution < -0.4 is 9.47 Å². The fraction of sp³-hybridized carbons (Fsp3) is 0.200. The van der Waals surface area contributed by atoms with Crippen LogP contribution in [0.15, 0.2) is 42.2 Å². The van der Waals surface area contributed by atoms with E-state index < -0.39 is 12.1 Å². The topological polar surface area (TPSA) is 61.8 Å². The number of halogens is 1. The van der Waals surface area contributed by atoms with Gasteiger partial charge in [0.2, 0.25) is 5.78 Å². The molecule has 0 fully saturated rings. The van der Waals surface area contributed by atoms with Gasteiger partial charge in [0.25, 0.3) is 0 Å². The zero-order valence-electron chi connectivity index (χ0n) is 14.5. The molecule has 0 N–H and O–H groups in total. The number of esters is 1. The number of methoxy groups -OCH3 is 1. The molecule has 5 nitrogen and oxygen atoms in total. The predicted octanol–water partition coefficient (Wildman–Crippen LogP) is 3.69. The molecule has 1 aliphatic rings. The van der Waals surface area contributed by atoms with Crippen LogP contribution in [0.25, 0.3) is 6.08 Å². The molecule has 0 saturated heterocycles. The second kappa shape index (κ2) is 7.00. The maximum atomic E-state index is 13.0. The van der Waals surface area contributed by atoms with E-state index in [1.165, 1.54) is 19.2 Å². The summed E-state index contributed by atoms with van der Waals surface area (Å²) in [7, 11) is 1.28. The lowest BCUT2D eigenvalue weighted by atomic mass is 10.0. The summed E-state index contributed by atoms with van der Waals surface area (Å²) in [6, 6.07) is 8.96.